The quantitative estimate of drug-likeness (QED) is 0.280. The van der Waals surface area contributed by atoms with Gasteiger partial charge in [-0.25, -0.2) is 0 Å². The maximum absolute atomic E-state index is 6.03. The van der Waals surface area contributed by atoms with Crippen LogP contribution in [0.15, 0.2) is 81.8 Å². The van der Waals surface area contributed by atoms with Gasteiger partial charge in [0.25, 0.3) is 5.89 Å². The Hall–Kier alpha value is -3.43. The molecule has 3 aromatic heterocycles. The Morgan fingerprint density at radius 3 is 2.66 bits per heavy atom. The molecular weight excluding hydrogens is 442 g/mol. The third-order valence-corrected chi connectivity index (χ3v) is 6.48. The fourth-order valence-corrected chi connectivity index (χ4v) is 4.58. The molecule has 0 aliphatic rings. The van der Waals surface area contributed by atoms with Crippen molar-refractivity contribution in [1.82, 2.24) is 24.9 Å². The third-order valence-electron chi connectivity index (χ3n) is 4.70. The largest absolute Gasteiger partial charge is 0.485 e. The normalized spacial score (nSPS) is 11.0. The van der Waals surface area contributed by atoms with E-state index in [-0.39, 0.29) is 0 Å². The maximum atomic E-state index is 6.03. The molecular formula is C23H19N5O2S2. The second-order valence-electron chi connectivity index (χ2n) is 6.91. The lowest BCUT2D eigenvalue weighted by molar-refractivity contribution is 0.291. The van der Waals surface area contributed by atoms with Crippen LogP contribution in [0, 0.1) is 6.92 Å². The van der Waals surface area contributed by atoms with Gasteiger partial charge in [0.2, 0.25) is 0 Å². The van der Waals surface area contributed by atoms with Gasteiger partial charge in [-0.1, -0.05) is 59.4 Å². The van der Waals surface area contributed by atoms with Crippen molar-refractivity contribution in [3.63, 3.8) is 0 Å². The van der Waals surface area contributed by atoms with Gasteiger partial charge >= 0.3 is 0 Å². The van der Waals surface area contributed by atoms with Crippen LogP contribution in [0.3, 0.4) is 0 Å². The molecule has 5 rings (SSSR count). The number of rotatable bonds is 8. The SMILES string of the molecule is Cc1ccccc1OCc1nnc(SCc2noc(-c3cccs3)n2)n1-c1ccccc1. The van der Waals surface area contributed by atoms with Crippen molar-refractivity contribution in [3.05, 3.63) is 89.3 Å². The Balaban J connectivity index is 1.37. The number of ether oxygens (including phenoxy) is 1. The van der Waals surface area contributed by atoms with E-state index in [0.717, 1.165) is 27.0 Å². The highest BCUT2D eigenvalue weighted by Crippen LogP contribution is 2.27. The lowest BCUT2D eigenvalue weighted by atomic mass is 10.2. The number of para-hydroxylation sites is 2. The van der Waals surface area contributed by atoms with Crippen molar-refractivity contribution in [2.24, 2.45) is 0 Å². The fourth-order valence-electron chi connectivity index (χ4n) is 3.13. The van der Waals surface area contributed by atoms with Gasteiger partial charge in [-0.15, -0.1) is 21.5 Å². The predicted octanol–water partition coefficient (Wildman–Crippen LogP) is 5.56. The van der Waals surface area contributed by atoms with Crippen LogP contribution in [0.5, 0.6) is 5.75 Å². The summed E-state index contributed by atoms with van der Waals surface area (Å²) in [6.07, 6.45) is 0. The van der Waals surface area contributed by atoms with Gasteiger partial charge in [-0.05, 0) is 42.1 Å². The van der Waals surface area contributed by atoms with E-state index < -0.39 is 0 Å². The molecule has 160 valence electrons. The first-order valence-electron chi connectivity index (χ1n) is 9.95. The van der Waals surface area contributed by atoms with E-state index in [1.807, 2.05) is 83.6 Å². The minimum Gasteiger partial charge on any atom is -0.485 e. The van der Waals surface area contributed by atoms with Gasteiger partial charge in [0, 0.05) is 5.69 Å². The lowest BCUT2D eigenvalue weighted by Gasteiger charge is -2.11. The molecule has 0 radical (unpaired) electrons. The summed E-state index contributed by atoms with van der Waals surface area (Å²) in [6.45, 7) is 2.33. The lowest BCUT2D eigenvalue weighted by Crippen LogP contribution is -2.07. The van der Waals surface area contributed by atoms with E-state index in [9.17, 15) is 0 Å². The summed E-state index contributed by atoms with van der Waals surface area (Å²) in [5.74, 6) is 3.20. The van der Waals surface area contributed by atoms with Crippen LogP contribution in [0.2, 0.25) is 0 Å². The Bertz CT molecular complexity index is 1300. The summed E-state index contributed by atoms with van der Waals surface area (Å²) in [4.78, 5) is 5.45. The summed E-state index contributed by atoms with van der Waals surface area (Å²) >= 11 is 3.07. The molecule has 5 aromatic rings. The minimum absolute atomic E-state index is 0.304. The number of benzene rings is 2. The van der Waals surface area contributed by atoms with Crippen molar-refractivity contribution in [2.75, 3.05) is 0 Å². The Morgan fingerprint density at radius 2 is 1.84 bits per heavy atom. The van der Waals surface area contributed by atoms with Crippen molar-refractivity contribution >= 4 is 23.1 Å². The molecule has 0 fully saturated rings. The molecule has 0 spiro atoms. The van der Waals surface area contributed by atoms with Gasteiger partial charge in [0.05, 0.1) is 10.6 Å². The second-order valence-corrected chi connectivity index (χ2v) is 8.80. The summed E-state index contributed by atoms with van der Waals surface area (Å²) in [7, 11) is 0. The molecule has 0 saturated carbocycles. The third kappa shape index (κ3) is 4.44. The zero-order chi connectivity index (χ0) is 21.8. The summed E-state index contributed by atoms with van der Waals surface area (Å²) in [5.41, 5.74) is 2.04. The molecule has 9 heteroatoms. The predicted molar refractivity (Wildman–Crippen MR) is 124 cm³/mol. The zero-order valence-corrected chi connectivity index (χ0v) is 18.8. The molecule has 0 saturated heterocycles. The number of hydrogen-bond acceptors (Lipinski definition) is 8. The number of thioether (sulfide) groups is 1. The van der Waals surface area contributed by atoms with E-state index in [2.05, 4.69) is 20.3 Å². The number of nitrogens with zero attached hydrogens (tertiary/aromatic N) is 5. The van der Waals surface area contributed by atoms with Gasteiger partial charge in [0.15, 0.2) is 16.8 Å². The molecule has 32 heavy (non-hydrogen) atoms. The Kier molecular flexibility index (Phi) is 6.00. The number of aryl methyl sites for hydroxylation is 1. The minimum atomic E-state index is 0.304. The first kappa shape index (κ1) is 20.5. The summed E-state index contributed by atoms with van der Waals surface area (Å²) in [5, 5.41) is 15.6. The van der Waals surface area contributed by atoms with Crippen LogP contribution in [-0.2, 0) is 12.4 Å². The van der Waals surface area contributed by atoms with Gasteiger partial charge in [-0.3, -0.25) is 4.57 Å². The topological polar surface area (TPSA) is 78.9 Å². The van der Waals surface area contributed by atoms with Crippen molar-refractivity contribution < 1.29 is 9.26 Å². The molecule has 0 unspecified atom stereocenters. The number of hydrogen-bond donors (Lipinski definition) is 0. The van der Waals surface area contributed by atoms with Crippen molar-refractivity contribution in [1.29, 1.82) is 0 Å². The van der Waals surface area contributed by atoms with E-state index in [1.54, 1.807) is 11.3 Å². The van der Waals surface area contributed by atoms with Crippen LogP contribution in [0.25, 0.3) is 16.5 Å². The molecule has 0 aliphatic carbocycles. The highest BCUT2D eigenvalue weighted by atomic mass is 32.2. The van der Waals surface area contributed by atoms with Gasteiger partial charge < -0.3 is 9.26 Å². The second kappa shape index (κ2) is 9.37. The summed E-state index contributed by atoms with van der Waals surface area (Å²) in [6, 6.07) is 21.8. The van der Waals surface area contributed by atoms with Crippen LogP contribution >= 0.6 is 23.1 Å². The highest BCUT2D eigenvalue weighted by Gasteiger charge is 2.17. The molecule has 0 atom stereocenters. The molecule has 3 heterocycles. The van der Waals surface area contributed by atoms with Crippen molar-refractivity contribution in [3.8, 4) is 22.2 Å². The monoisotopic (exact) mass is 461 g/mol. The van der Waals surface area contributed by atoms with Crippen LogP contribution in [0.4, 0.5) is 0 Å². The van der Waals surface area contributed by atoms with E-state index in [4.69, 9.17) is 9.26 Å². The Labute approximate surface area is 193 Å². The van der Waals surface area contributed by atoms with Gasteiger partial charge in [-0.2, -0.15) is 4.98 Å². The van der Waals surface area contributed by atoms with Crippen LogP contribution in [0.1, 0.15) is 17.2 Å². The van der Waals surface area contributed by atoms with E-state index >= 15 is 0 Å². The smallest absolute Gasteiger partial charge is 0.268 e. The van der Waals surface area contributed by atoms with Gasteiger partial charge in [0.1, 0.15) is 12.4 Å². The van der Waals surface area contributed by atoms with E-state index in [1.165, 1.54) is 11.8 Å². The molecule has 0 N–H and O–H groups in total. The molecule has 0 amide bonds. The number of thiophene rings is 1. The summed E-state index contributed by atoms with van der Waals surface area (Å²) < 4.78 is 13.4. The maximum Gasteiger partial charge on any atom is 0.268 e. The average molecular weight is 462 g/mol. The molecule has 0 aliphatic heterocycles. The standard InChI is InChI=1S/C23H19N5O2S2/c1-16-8-5-6-11-18(16)29-14-21-25-26-23(28(21)17-9-3-2-4-10-17)32-15-20-24-22(30-27-20)19-12-7-13-31-19/h2-13H,14-15H2,1H3. The first-order valence-corrected chi connectivity index (χ1v) is 11.8. The van der Waals surface area contributed by atoms with E-state index in [0.29, 0.717) is 29.9 Å². The molecule has 0 bridgehead atoms. The zero-order valence-electron chi connectivity index (χ0n) is 17.2. The molecule has 7 nitrogen and oxygen atoms in total. The number of aromatic nitrogens is 5. The Morgan fingerprint density at radius 1 is 1.00 bits per heavy atom. The average Bonchev–Trinajstić information content (AvgIpc) is 3.58. The van der Waals surface area contributed by atoms with Crippen LogP contribution < -0.4 is 4.74 Å². The molecule has 2 aromatic carbocycles. The van der Waals surface area contributed by atoms with Crippen molar-refractivity contribution in [2.45, 2.75) is 24.4 Å². The van der Waals surface area contributed by atoms with Crippen LogP contribution in [-0.4, -0.2) is 24.9 Å². The first-order chi connectivity index (χ1) is 15.8. The highest BCUT2D eigenvalue weighted by molar-refractivity contribution is 7.98. The fraction of sp³-hybridized carbons (Fsp3) is 0.130.